The third-order valence-corrected chi connectivity index (χ3v) is 4.53. The van der Waals surface area contributed by atoms with E-state index >= 15 is 0 Å². The number of piperazine rings is 1. The number of methoxy groups -OCH3 is 1. The number of rotatable bonds is 3. The fourth-order valence-electron chi connectivity index (χ4n) is 2.88. The molecule has 2 aromatic heterocycles. The average Bonchev–Trinajstić information content (AvgIpc) is 2.65. The van der Waals surface area contributed by atoms with Gasteiger partial charge in [0.2, 0.25) is 0 Å². The van der Waals surface area contributed by atoms with Crippen molar-refractivity contribution in [3.8, 4) is 5.75 Å². The Morgan fingerprint density at radius 2 is 1.96 bits per heavy atom. The number of carbonyl (C=O) groups excluding carboxylic acids is 1. The first-order chi connectivity index (χ1) is 12.0. The van der Waals surface area contributed by atoms with Crippen LogP contribution in [0.1, 0.15) is 21.6 Å². The molecule has 25 heavy (non-hydrogen) atoms. The number of aromatic nitrogens is 3. The lowest BCUT2D eigenvalue weighted by Gasteiger charge is -2.35. The van der Waals surface area contributed by atoms with Crippen LogP contribution in [-0.2, 0) is 0 Å². The number of carbonyl (C=O) groups is 1. The number of nitrogens with zero attached hydrogens (tertiary/aromatic N) is 4. The summed E-state index contributed by atoms with van der Waals surface area (Å²) in [5.41, 5.74) is 1.03. The minimum atomic E-state index is -0.440. The second-order valence-corrected chi connectivity index (χ2v) is 5.97. The zero-order valence-electron chi connectivity index (χ0n) is 14.6. The first-order valence-corrected chi connectivity index (χ1v) is 8.11. The highest BCUT2D eigenvalue weighted by atomic mass is 16.5. The highest BCUT2D eigenvalue weighted by Crippen LogP contribution is 2.20. The van der Waals surface area contributed by atoms with Crippen LogP contribution in [0.5, 0.6) is 5.75 Å². The molecule has 132 valence electrons. The maximum Gasteiger partial charge on any atom is 0.277 e. The maximum absolute atomic E-state index is 12.8. The zero-order valence-corrected chi connectivity index (χ0v) is 14.6. The molecule has 0 unspecified atom stereocenters. The van der Waals surface area contributed by atoms with Gasteiger partial charge in [0, 0.05) is 38.4 Å². The molecule has 3 heterocycles. The normalized spacial score (nSPS) is 14.5. The number of aryl methyl sites for hydroxylation is 1. The number of nitrogens with one attached hydrogen (secondary N) is 1. The standard InChI is InChI=1S/C17H21N5O3/c1-11-12(2)19-20-16(23)15(11)17(24)22-8-6-21(7-9-22)14-10-13(25-3)4-5-18-14/h4-5,10H,6-9H2,1-3H3,(H,20,23). The van der Waals surface area contributed by atoms with Crippen LogP contribution in [0.2, 0.25) is 0 Å². The van der Waals surface area contributed by atoms with E-state index < -0.39 is 5.56 Å². The van der Waals surface area contributed by atoms with E-state index in [0.717, 1.165) is 11.6 Å². The Kier molecular flexibility index (Phi) is 4.69. The van der Waals surface area contributed by atoms with Crippen LogP contribution in [0.4, 0.5) is 5.82 Å². The number of amides is 1. The number of H-pyrrole nitrogens is 1. The summed E-state index contributed by atoms with van der Waals surface area (Å²) in [4.78, 5) is 33.0. The van der Waals surface area contributed by atoms with E-state index in [1.807, 2.05) is 6.07 Å². The molecule has 1 saturated heterocycles. The van der Waals surface area contributed by atoms with Gasteiger partial charge < -0.3 is 14.5 Å². The molecule has 0 aromatic carbocycles. The van der Waals surface area contributed by atoms with Gasteiger partial charge in [0.1, 0.15) is 17.1 Å². The van der Waals surface area contributed by atoms with Crippen LogP contribution in [0.3, 0.4) is 0 Å². The van der Waals surface area contributed by atoms with Gasteiger partial charge >= 0.3 is 0 Å². The topological polar surface area (TPSA) is 91.4 Å². The molecule has 0 aliphatic carbocycles. The lowest BCUT2D eigenvalue weighted by molar-refractivity contribution is 0.0743. The van der Waals surface area contributed by atoms with Crippen LogP contribution in [0.25, 0.3) is 0 Å². The Morgan fingerprint density at radius 3 is 2.64 bits per heavy atom. The quantitative estimate of drug-likeness (QED) is 0.884. The van der Waals surface area contributed by atoms with Crippen LogP contribution in [-0.4, -0.2) is 59.3 Å². The minimum absolute atomic E-state index is 0.181. The van der Waals surface area contributed by atoms with E-state index in [9.17, 15) is 9.59 Å². The van der Waals surface area contributed by atoms with Crippen molar-refractivity contribution in [2.24, 2.45) is 0 Å². The van der Waals surface area contributed by atoms with Crippen LogP contribution in [0.15, 0.2) is 23.1 Å². The predicted molar refractivity (Wildman–Crippen MR) is 93.2 cm³/mol. The third-order valence-electron chi connectivity index (χ3n) is 4.53. The van der Waals surface area contributed by atoms with Gasteiger partial charge in [-0.2, -0.15) is 5.10 Å². The molecule has 1 N–H and O–H groups in total. The molecular weight excluding hydrogens is 322 g/mol. The van der Waals surface area contributed by atoms with Gasteiger partial charge in [-0.3, -0.25) is 9.59 Å². The first-order valence-electron chi connectivity index (χ1n) is 8.11. The molecule has 0 bridgehead atoms. The van der Waals surface area contributed by atoms with E-state index in [1.165, 1.54) is 0 Å². The van der Waals surface area contributed by atoms with E-state index in [0.29, 0.717) is 37.4 Å². The van der Waals surface area contributed by atoms with Gasteiger partial charge in [-0.15, -0.1) is 0 Å². The number of aromatic amines is 1. The number of pyridine rings is 1. The number of hydrogen-bond acceptors (Lipinski definition) is 6. The van der Waals surface area contributed by atoms with Crippen molar-refractivity contribution in [1.82, 2.24) is 20.1 Å². The molecular formula is C17H21N5O3. The van der Waals surface area contributed by atoms with Gasteiger partial charge in [0.25, 0.3) is 11.5 Å². The van der Waals surface area contributed by atoms with Crippen molar-refractivity contribution >= 4 is 11.7 Å². The Bertz CT molecular complexity index is 840. The summed E-state index contributed by atoms with van der Waals surface area (Å²) in [6.45, 7) is 5.87. The molecule has 0 atom stereocenters. The summed E-state index contributed by atoms with van der Waals surface area (Å²) >= 11 is 0. The lowest BCUT2D eigenvalue weighted by atomic mass is 10.1. The van der Waals surface area contributed by atoms with E-state index in [4.69, 9.17) is 4.74 Å². The molecule has 3 rings (SSSR count). The Balaban J connectivity index is 1.73. The summed E-state index contributed by atoms with van der Waals surface area (Å²) in [5.74, 6) is 1.32. The van der Waals surface area contributed by atoms with Gasteiger partial charge in [-0.25, -0.2) is 10.1 Å². The van der Waals surface area contributed by atoms with Gasteiger partial charge in [-0.1, -0.05) is 0 Å². The Morgan fingerprint density at radius 1 is 1.24 bits per heavy atom. The number of anilines is 1. The summed E-state index contributed by atoms with van der Waals surface area (Å²) in [6, 6.07) is 3.67. The molecule has 2 aromatic rings. The van der Waals surface area contributed by atoms with Crippen molar-refractivity contribution in [3.63, 3.8) is 0 Å². The lowest BCUT2D eigenvalue weighted by Crippen LogP contribution is -2.50. The summed E-state index contributed by atoms with van der Waals surface area (Å²) in [6.07, 6.45) is 1.70. The van der Waals surface area contributed by atoms with Crippen LogP contribution >= 0.6 is 0 Å². The van der Waals surface area contributed by atoms with Crippen molar-refractivity contribution in [3.05, 3.63) is 45.5 Å². The zero-order chi connectivity index (χ0) is 18.0. The first kappa shape index (κ1) is 16.9. The Labute approximate surface area is 145 Å². The molecule has 1 aliphatic heterocycles. The summed E-state index contributed by atoms with van der Waals surface area (Å²) in [5, 5.41) is 6.29. The van der Waals surface area contributed by atoms with Crippen molar-refractivity contribution in [2.45, 2.75) is 13.8 Å². The number of hydrogen-bond donors (Lipinski definition) is 1. The van der Waals surface area contributed by atoms with Gasteiger partial charge in [-0.05, 0) is 25.5 Å². The van der Waals surface area contributed by atoms with E-state index in [-0.39, 0.29) is 11.5 Å². The molecule has 1 amide bonds. The largest absolute Gasteiger partial charge is 0.497 e. The maximum atomic E-state index is 12.8. The summed E-state index contributed by atoms with van der Waals surface area (Å²) in [7, 11) is 1.62. The van der Waals surface area contributed by atoms with Crippen molar-refractivity contribution in [2.75, 3.05) is 38.2 Å². The second-order valence-electron chi connectivity index (χ2n) is 5.97. The van der Waals surface area contributed by atoms with Crippen molar-refractivity contribution in [1.29, 1.82) is 0 Å². The van der Waals surface area contributed by atoms with Crippen molar-refractivity contribution < 1.29 is 9.53 Å². The molecule has 0 spiro atoms. The molecule has 1 aliphatic rings. The van der Waals surface area contributed by atoms with E-state index in [1.54, 1.807) is 38.1 Å². The monoisotopic (exact) mass is 343 g/mol. The highest BCUT2D eigenvalue weighted by Gasteiger charge is 2.26. The fraction of sp³-hybridized carbons (Fsp3) is 0.412. The number of ether oxygens (including phenoxy) is 1. The molecule has 1 fully saturated rings. The highest BCUT2D eigenvalue weighted by molar-refractivity contribution is 5.95. The fourth-order valence-corrected chi connectivity index (χ4v) is 2.88. The average molecular weight is 343 g/mol. The van der Waals surface area contributed by atoms with Gasteiger partial charge in [0.15, 0.2) is 0 Å². The smallest absolute Gasteiger partial charge is 0.277 e. The predicted octanol–water partition coefficient (Wildman–Crippen LogP) is 0.753. The van der Waals surface area contributed by atoms with Crippen LogP contribution in [0, 0.1) is 13.8 Å². The molecule has 0 saturated carbocycles. The molecule has 0 radical (unpaired) electrons. The summed E-state index contributed by atoms with van der Waals surface area (Å²) < 4.78 is 5.23. The van der Waals surface area contributed by atoms with Gasteiger partial charge in [0.05, 0.1) is 12.8 Å². The molecule has 8 nitrogen and oxygen atoms in total. The minimum Gasteiger partial charge on any atom is -0.497 e. The molecule has 8 heteroatoms. The second kappa shape index (κ2) is 6.92. The third kappa shape index (κ3) is 3.33. The SMILES string of the molecule is COc1ccnc(N2CCN(C(=O)c3c(C)c(C)n[nH]c3=O)CC2)c1. The van der Waals surface area contributed by atoms with E-state index in [2.05, 4.69) is 20.1 Å². The van der Waals surface area contributed by atoms with Crippen LogP contribution < -0.4 is 15.2 Å². The Hall–Kier alpha value is -2.90.